The summed E-state index contributed by atoms with van der Waals surface area (Å²) in [5, 5.41) is 0. The van der Waals surface area contributed by atoms with Crippen LogP contribution < -0.4 is 0 Å². The van der Waals surface area contributed by atoms with Crippen molar-refractivity contribution in [2.45, 2.75) is 26.9 Å². The average molecular weight is 318 g/mol. The normalized spacial score (nSPS) is 11.8. The Morgan fingerprint density at radius 1 is 0.750 bits per heavy atom. The monoisotopic (exact) mass is 318 g/mol. The lowest BCUT2D eigenvalue weighted by atomic mass is 10.3. The van der Waals surface area contributed by atoms with Crippen LogP contribution in [0.2, 0.25) is 0 Å². The molecule has 0 fully saturated rings. The minimum atomic E-state index is 0.855. The van der Waals surface area contributed by atoms with E-state index < -0.39 is 0 Å². The van der Waals surface area contributed by atoms with Crippen LogP contribution in [0.1, 0.15) is 36.6 Å². The maximum atomic E-state index is 4.46. The van der Waals surface area contributed by atoms with Crippen LogP contribution in [0.5, 0.6) is 0 Å². The lowest BCUT2D eigenvalue weighted by Gasteiger charge is -2.01. The van der Waals surface area contributed by atoms with Crippen molar-refractivity contribution in [3.8, 4) is 0 Å². The van der Waals surface area contributed by atoms with E-state index in [-0.39, 0.29) is 0 Å². The van der Waals surface area contributed by atoms with E-state index in [1.54, 1.807) is 12.4 Å². The molecule has 0 atom stereocenters. The SMILES string of the molecule is CCn1cccc1C=Cc1cnc(C=Cc2cccn2CC)cn1. The lowest BCUT2D eigenvalue weighted by molar-refractivity contribution is 0.762. The molecule has 3 aromatic heterocycles. The van der Waals surface area contributed by atoms with Crippen molar-refractivity contribution in [3.05, 3.63) is 71.8 Å². The van der Waals surface area contributed by atoms with Crippen LogP contribution in [0.25, 0.3) is 24.3 Å². The van der Waals surface area contributed by atoms with Crippen LogP contribution in [-0.2, 0) is 13.1 Å². The molecule has 3 aromatic rings. The highest BCUT2D eigenvalue weighted by Gasteiger charge is 1.97. The van der Waals surface area contributed by atoms with Gasteiger partial charge in [0.25, 0.3) is 0 Å². The second kappa shape index (κ2) is 7.59. The number of aryl methyl sites for hydroxylation is 2. The Hall–Kier alpha value is -2.88. The van der Waals surface area contributed by atoms with Gasteiger partial charge < -0.3 is 9.13 Å². The fourth-order valence-corrected chi connectivity index (χ4v) is 2.59. The first-order valence-corrected chi connectivity index (χ1v) is 8.28. The molecule has 0 aromatic carbocycles. The van der Waals surface area contributed by atoms with Gasteiger partial charge in [0.1, 0.15) is 0 Å². The molecular formula is C20H22N4. The van der Waals surface area contributed by atoms with E-state index in [1.807, 2.05) is 12.2 Å². The zero-order valence-electron chi connectivity index (χ0n) is 14.1. The molecule has 3 heterocycles. The highest BCUT2D eigenvalue weighted by atomic mass is 15.0. The van der Waals surface area contributed by atoms with Gasteiger partial charge in [0.05, 0.1) is 23.8 Å². The van der Waals surface area contributed by atoms with Gasteiger partial charge in [-0.3, -0.25) is 9.97 Å². The van der Waals surface area contributed by atoms with Gasteiger partial charge in [-0.05, 0) is 62.4 Å². The van der Waals surface area contributed by atoms with E-state index in [0.29, 0.717) is 0 Å². The highest BCUT2D eigenvalue weighted by Crippen LogP contribution is 2.10. The highest BCUT2D eigenvalue weighted by molar-refractivity contribution is 5.68. The summed E-state index contributed by atoms with van der Waals surface area (Å²) in [6.45, 7) is 6.18. The van der Waals surface area contributed by atoms with E-state index in [1.165, 1.54) is 11.4 Å². The van der Waals surface area contributed by atoms with Crippen LogP contribution in [0.15, 0.2) is 49.1 Å². The molecule has 0 aliphatic carbocycles. The van der Waals surface area contributed by atoms with Gasteiger partial charge in [0.15, 0.2) is 0 Å². The van der Waals surface area contributed by atoms with Gasteiger partial charge in [0.2, 0.25) is 0 Å². The third-order valence-corrected chi connectivity index (χ3v) is 3.95. The molecule has 0 bridgehead atoms. The molecule has 4 nitrogen and oxygen atoms in total. The Balaban J connectivity index is 1.69. The molecule has 0 aliphatic rings. The third-order valence-electron chi connectivity index (χ3n) is 3.95. The summed E-state index contributed by atoms with van der Waals surface area (Å²) in [6, 6.07) is 8.28. The van der Waals surface area contributed by atoms with Crippen molar-refractivity contribution in [2.24, 2.45) is 0 Å². The molecule has 0 radical (unpaired) electrons. The smallest absolute Gasteiger partial charge is 0.0814 e. The van der Waals surface area contributed by atoms with Gasteiger partial charge in [-0.1, -0.05) is 0 Å². The first-order chi connectivity index (χ1) is 11.8. The fourth-order valence-electron chi connectivity index (χ4n) is 2.59. The Kier molecular flexibility index (Phi) is 5.06. The summed E-state index contributed by atoms with van der Waals surface area (Å²) >= 11 is 0. The standard InChI is InChI=1S/C20H22N4/c1-3-23-13-5-7-19(23)11-9-17-15-22-18(16-21-17)10-12-20-8-6-14-24(20)4-2/h5-16H,3-4H2,1-2H3. The Morgan fingerprint density at radius 2 is 1.21 bits per heavy atom. The van der Waals surface area contributed by atoms with Crippen molar-refractivity contribution in [1.82, 2.24) is 19.1 Å². The van der Waals surface area contributed by atoms with Crippen molar-refractivity contribution in [3.63, 3.8) is 0 Å². The summed E-state index contributed by atoms with van der Waals surface area (Å²) in [5.74, 6) is 0. The van der Waals surface area contributed by atoms with Crippen LogP contribution in [-0.4, -0.2) is 19.1 Å². The van der Waals surface area contributed by atoms with Crippen LogP contribution in [0.4, 0.5) is 0 Å². The van der Waals surface area contributed by atoms with Crippen LogP contribution >= 0.6 is 0 Å². The molecule has 3 rings (SSSR count). The Labute approximate surface area is 142 Å². The van der Waals surface area contributed by atoms with Crippen molar-refractivity contribution >= 4 is 24.3 Å². The van der Waals surface area contributed by atoms with Gasteiger partial charge in [-0.25, -0.2) is 0 Å². The largest absolute Gasteiger partial charge is 0.348 e. The fraction of sp³-hybridized carbons (Fsp3) is 0.200. The Morgan fingerprint density at radius 3 is 1.58 bits per heavy atom. The number of hydrogen-bond acceptors (Lipinski definition) is 2. The second-order valence-corrected chi connectivity index (χ2v) is 5.47. The molecule has 4 heteroatoms. The van der Waals surface area contributed by atoms with Gasteiger partial charge >= 0.3 is 0 Å². The molecule has 0 saturated carbocycles. The minimum absolute atomic E-state index is 0.855. The lowest BCUT2D eigenvalue weighted by Crippen LogP contribution is -1.94. The summed E-state index contributed by atoms with van der Waals surface area (Å²) in [6.07, 6.45) is 15.9. The quantitative estimate of drug-likeness (QED) is 0.672. The summed E-state index contributed by atoms with van der Waals surface area (Å²) in [5.41, 5.74) is 4.05. The molecule has 0 aliphatic heterocycles. The molecule has 0 N–H and O–H groups in total. The van der Waals surface area contributed by atoms with Crippen LogP contribution in [0, 0.1) is 0 Å². The molecule has 24 heavy (non-hydrogen) atoms. The Bertz CT molecular complexity index is 763. The zero-order valence-corrected chi connectivity index (χ0v) is 14.1. The summed E-state index contributed by atoms with van der Waals surface area (Å²) in [4.78, 5) is 8.92. The van der Waals surface area contributed by atoms with Crippen molar-refractivity contribution in [1.29, 1.82) is 0 Å². The van der Waals surface area contributed by atoms with Crippen molar-refractivity contribution < 1.29 is 0 Å². The average Bonchev–Trinajstić information content (AvgIpc) is 3.27. The minimum Gasteiger partial charge on any atom is -0.348 e. The maximum absolute atomic E-state index is 4.46. The number of nitrogens with zero attached hydrogens (tertiary/aromatic N) is 4. The van der Waals surface area contributed by atoms with E-state index in [4.69, 9.17) is 0 Å². The first kappa shape index (κ1) is 16.0. The third kappa shape index (κ3) is 3.71. The molecule has 0 saturated heterocycles. The summed E-state index contributed by atoms with van der Waals surface area (Å²) < 4.78 is 4.37. The van der Waals surface area contributed by atoms with E-state index in [2.05, 4.69) is 81.8 Å². The molecule has 0 spiro atoms. The predicted octanol–water partition coefficient (Wildman–Crippen LogP) is 4.46. The molecule has 0 unspecified atom stereocenters. The first-order valence-electron chi connectivity index (χ1n) is 8.28. The second-order valence-electron chi connectivity index (χ2n) is 5.47. The molecular weight excluding hydrogens is 296 g/mol. The van der Waals surface area contributed by atoms with E-state index >= 15 is 0 Å². The van der Waals surface area contributed by atoms with Gasteiger partial charge in [-0.2, -0.15) is 0 Å². The van der Waals surface area contributed by atoms with E-state index in [0.717, 1.165) is 24.5 Å². The topological polar surface area (TPSA) is 35.6 Å². The number of hydrogen-bond donors (Lipinski definition) is 0. The zero-order chi connectivity index (χ0) is 16.8. The van der Waals surface area contributed by atoms with Gasteiger partial charge in [0, 0.05) is 36.9 Å². The van der Waals surface area contributed by atoms with Crippen LogP contribution in [0.3, 0.4) is 0 Å². The predicted molar refractivity (Wildman–Crippen MR) is 100 cm³/mol. The van der Waals surface area contributed by atoms with Gasteiger partial charge in [-0.15, -0.1) is 0 Å². The molecule has 122 valence electrons. The van der Waals surface area contributed by atoms with E-state index in [9.17, 15) is 0 Å². The van der Waals surface area contributed by atoms with Crippen molar-refractivity contribution in [2.75, 3.05) is 0 Å². The molecule has 0 amide bonds. The maximum Gasteiger partial charge on any atom is 0.0814 e. The number of aromatic nitrogens is 4. The number of rotatable bonds is 6. The summed E-state index contributed by atoms with van der Waals surface area (Å²) in [7, 11) is 0.